The lowest BCUT2D eigenvalue weighted by Crippen LogP contribution is -2.50. The first-order valence-corrected chi connectivity index (χ1v) is 8.65. The van der Waals surface area contributed by atoms with Gasteiger partial charge in [0.2, 0.25) is 10.0 Å². The summed E-state index contributed by atoms with van der Waals surface area (Å²) in [4.78, 5) is 24.9. The molecular formula is C14H18N2O5S. The average Bonchev–Trinajstić information content (AvgIpc) is 2.45. The van der Waals surface area contributed by atoms with Crippen LogP contribution in [0.1, 0.15) is 17.3 Å². The van der Waals surface area contributed by atoms with Crippen molar-refractivity contribution in [3.63, 3.8) is 0 Å². The minimum atomic E-state index is -3.22. The molecule has 0 aromatic heterocycles. The molecule has 0 aliphatic carbocycles. The van der Waals surface area contributed by atoms with Crippen molar-refractivity contribution in [2.24, 2.45) is 0 Å². The number of carbonyl (C=O) groups excluding carboxylic acids is 2. The van der Waals surface area contributed by atoms with E-state index < -0.39 is 16.0 Å². The Labute approximate surface area is 129 Å². The molecule has 1 aliphatic heterocycles. The first-order chi connectivity index (χ1) is 10.3. The van der Waals surface area contributed by atoms with E-state index in [9.17, 15) is 18.0 Å². The Kier molecular flexibility index (Phi) is 4.82. The van der Waals surface area contributed by atoms with E-state index in [1.807, 2.05) is 0 Å². The van der Waals surface area contributed by atoms with Crippen LogP contribution in [0.25, 0.3) is 0 Å². The van der Waals surface area contributed by atoms with Crippen LogP contribution in [0.15, 0.2) is 24.3 Å². The maximum absolute atomic E-state index is 12.4. The van der Waals surface area contributed by atoms with Crippen LogP contribution in [0.4, 0.5) is 0 Å². The lowest BCUT2D eigenvalue weighted by atomic mass is 10.1. The molecule has 22 heavy (non-hydrogen) atoms. The summed E-state index contributed by atoms with van der Waals surface area (Å²) >= 11 is 0. The Balaban J connectivity index is 2.05. The van der Waals surface area contributed by atoms with Crippen molar-refractivity contribution in [2.75, 3.05) is 32.4 Å². The molecule has 8 heteroatoms. The molecule has 0 atom stereocenters. The summed E-state index contributed by atoms with van der Waals surface area (Å²) in [6.07, 6.45) is 1.16. The maximum atomic E-state index is 12.4. The number of piperazine rings is 1. The van der Waals surface area contributed by atoms with Gasteiger partial charge >= 0.3 is 5.97 Å². The predicted molar refractivity (Wildman–Crippen MR) is 80.1 cm³/mol. The number of rotatable bonds is 3. The van der Waals surface area contributed by atoms with Gasteiger partial charge in [0, 0.05) is 38.7 Å². The molecule has 0 radical (unpaired) electrons. The molecule has 0 N–H and O–H groups in total. The third-order valence-electron chi connectivity index (χ3n) is 3.34. The van der Waals surface area contributed by atoms with E-state index in [4.69, 9.17) is 4.74 Å². The molecule has 1 aliphatic rings. The number of ether oxygens (including phenoxy) is 1. The number of hydrogen-bond donors (Lipinski definition) is 0. The largest absolute Gasteiger partial charge is 0.427 e. The summed E-state index contributed by atoms with van der Waals surface area (Å²) in [5, 5.41) is 0. The fourth-order valence-corrected chi connectivity index (χ4v) is 3.09. The van der Waals surface area contributed by atoms with Gasteiger partial charge < -0.3 is 9.64 Å². The lowest BCUT2D eigenvalue weighted by molar-refractivity contribution is -0.131. The van der Waals surface area contributed by atoms with E-state index in [1.54, 1.807) is 23.1 Å². The Morgan fingerprint density at radius 3 is 2.32 bits per heavy atom. The summed E-state index contributed by atoms with van der Waals surface area (Å²) in [6.45, 7) is 2.54. The highest BCUT2D eigenvalue weighted by molar-refractivity contribution is 7.88. The summed E-state index contributed by atoms with van der Waals surface area (Å²) in [7, 11) is -3.22. The topological polar surface area (TPSA) is 84.0 Å². The lowest BCUT2D eigenvalue weighted by Gasteiger charge is -2.33. The summed E-state index contributed by atoms with van der Waals surface area (Å²) in [6, 6.07) is 6.38. The van der Waals surface area contributed by atoms with Gasteiger partial charge in [0.15, 0.2) is 0 Å². The number of hydrogen-bond acceptors (Lipinski definition) is 5. The number of carbonyl (C=O) groups is 2. The first-order valence-electron chi connectivity index (χ1n) is 6.80. The number of esters is 1. The van der Waals surface area contributed by atoms with Crippen molar-refractivity contribution < 1.29 is 22.7 Å². The second-order valence-corrected chi connectivity index (χ2v) is 7.06. The van der Waals surface area contributed by atoms with Crippen molar-refractivity contribution >= 4 is 21.9 Å². The van der Waals surface area contributed by atoms with Crippen LogP contribution in [0.5, 0.6) is 5.75 Å². The highest BCUT2D eigenvalue weighted by atomic mass is 32.2. The minimum absolute atomic E-state index is 0.206. The van der Waals surface area contributed by atoms with Gasteiger partial charge in [-0.1, -0.05) is 6.07 Å². The number of nitrogens with zero attached hydrogens (tertiary/aromatic N) is 2. The van der Waals surface area contributed by atoms with Gasteiger partial charge in [-0.15, -0.1) is 0 Å². The molecule has 7 nitrogen and oxygen atoms in total. The zero-order valence-electron chi connectivity index (χ0n) is 12.5. The molecule has 1 fully saturated rings. The van der Waals surface area contributed by atoms with Crippen molar-refractivity contribution in [1.29, 1.82) is 0 Å². The Morgan fingerprint density at radius 1 is 1.14 bits per heavy atom. The number of benzene rings is 1. The fourth-order valence-electron chi connectivity index (χ4n) is 2.26. The zero-order valence-corrected chi connectivity index (χ0v) is 13.3. The maximum Gasteiger partial charge on any atom is 0.308 e. The van der Waals surface area contributed by atoms with E-state index in [0.717, 1.165) is 6.26 Å². The van der Waals surface area contributed by atoms with E-state index >= 15 is 0 Å². The monoisotopic (exact) mass is 326 g/mol. The fraction of sp³-hybridized carbons (Fsp3) is 0.429. The van der Waals surface area contributed by atoms with Gasteiger partial charge in [-0.05, 0) is 18.2 Å². The van der Waals surface area contributed by atoms with E-state index in [-0.39, 0.29) is 19.0 Å². The molecule has 0 unspecified atom stereocenters. The third-order valence-corrected chi connectivity index (χ3v) is 4.64. The van der Waals surface area contributed by atoms with Crippen LogP contribution in [0, 0.1) is 0 Å². The molecule has 1 aromatic rings. The van der Waals surface area contributed by atoms with Crippen molar-refractivity contribution in [3.8, 4) is 5.75 Å². The molecule has 1 saturated heterocycles. The van der Waals surface area contributed by atoms with Crippen LogP contribution < -0.4 is 4.74 Å². The average molecular weight is 326 g/mol. The van der Waals surface area contributed by atoms with Crippen LogP contribution in [0.3, 0.4) is 0 Å². The molecule has 0 saturated carbocycles. The molecule has 120 valence electrons. The number of amides is 1. The van der Waals surface area contributed by atoms with Crippen molar-refractivity contribution in [2.45, 2.75) is 6.92 Å². The second kappa shape index (κ2) is 6.45. The number of sulfonamides is 1. The Bertz CT molecular complexity index is 678. The molecule has 1 amide bonds. The quantitative estimate of drug-likeness (QED) is 0.590. The van der Waals surface area contributed by atoms with Crippen molar-refractivity contribution in [1.82, 2.24) is 9.21 Å². The SMILES string of the molecule is CC(=O)Oc1cccc(C(=O)N2CCN(S(C)(=O)=O)CC2)c1. The van der Waals surface area contributed by atoms with Gasteiger partial charge in [-0.2, -0.15) is 4.31 Å². The standard InChI is InChI=1S/C14H18N2O5S/c1-11(17)21-13-5-3-4-12(10-13)14(18)15-6-8-16(9-7-15)22(2,19)20/h3-5,10H,6-9H2,1-2H3. The van der Waals surface area contributed by atoms with Crippen LogP contribution in [-0.4, -0.2) is 61.9 Å². The third kappa shape index (κ3) is 4.05. The molecule has 1 heterocycles. The zero-order chi connectivity index (χ0) is 16.3. The van der Waals surface area contributed by atoms with Gasteiger partial charge in [0.1, 0.15) is 5.75 Å². The summed E-state index contributed by atoms with van der Waals surface area (Å²) in [5.74, 6) is -0.346. The highest BCUT2D eigenvalue weighted by Gasteiger charge is 2.26. The van der Waals surface area contributed by atoms with Crippen LogP contribution in [0.2, 0.25) is 0 Å². The predicted octanol–water partition coefficient (Wildman–Crippen LogP) is 0.329. The van der Waals surface area contributed by atoms with Gasteiger partial charge in [0.25, 0.3) is 5.91 Å². The van der Waals surface area contributed by atoms with E-state index in [0.29, 0.717) is 24.4 Å². The normalized spacial score (nSPS) is 16.4. The molecule has 2 rings (SSSR count). The smallest absolute Gasteiger partial charge is 0.308 e. The molecular weight excluding hydrogens is 308 g/mol. The van der Waals surface area contributed by atoms with Gasteiger partial charge in [-0.3, -0.25) is 9.59 Å². The Hall–Kier alpha value is -1.93. The Morgan fingerprint density at radius 2 is 1.77 bits per heavy atom. The van der Waals surface area contributed by atoms with Crippen molar-refractivity contribution in [3.05, 3.63) is 29.8 Å². The van der Waals surface area contributed by atoms with Gasteiger partial charge in [-0.25, -0.2) is 8.42 Å². The molecule has 0 bridgehead atoms. The molecule has 1 aromatic carbocycles. The summed E-state index contributed by atoms with van der Waals surface area (Å²) in [5.41, 5.74) is 0.409. The molecule has 0 spiro atoms. The second-order valence-electron chi connectivity index (χ2n) is 5.08. The van der Waals surface area contributed by atoms with Crippen LogP contribution in [-0.2, 0) is 14.8 Å². The van der Waals surface area contributed by atoms with Crippen LogP contribution >= 0.6 is 0 Å². The van der Waals surface area contributed by atoms with E-state index in [2.05, 4.69) is 0 Å². The highest BCUT2D eigenvalue weighted by Crippen LogP contribution is 2.16. The first kappa shape index (κ1) is 16.4. The van der Waals surface area contributed by atoms with Gasteiger partial charge in [0.05, 0.1) is 6.26 Å². The minimum Gasteiger partial charge on any atom is -0.427 e. The summed E-state index contributed by atoms with van der Waals surface area (Å²) < 4.78 is 29.2. The van der Waals surface area contributed by atoms with E-state index in [1.165, 1.54) is 17.3 Å².